The van der Waals surface area contributed by atoms with Gasteiger partial charge in [-0.3, -0.25) is 4.79 Å². The van der Waals surface area contributed by atoms with E-state index in [2.05, 4.69) is 4.98 Å². The summed E-state index contributed by atoms with van der Waals surface area (Å²) in [5.74, 6) is 0. The summed E-state index contributed by atoms with van der Waals surface area (Å²) >= 11 is 16.4. The maximum absolute atomic E-state index is 10.7. The molecule has 2 nitrogen and oxygen atoms in total. The Bertz CT molecular complexity index is 311. The Morgan fingerprint density at radius 3 is 2.18 bits per heavy atom. The Balaban J connectivity index is 0.000001000. The average Bonchev–Trinajstić information content (AvgIpc) is 1.93. The van der Waals surface area contributed by atoms with E-state index in [4.69, 9.17) is 34.8 Å². The maximum atomic E-state index is 10.7. The molecular formula is C5H2Cl3NNaO. The van der Waals surface area contributed by atoms with Crippen molar-refractivity contribution in [2.45, 2.75) is 0 Å². The van der Waals surface area contributed by atoms with E-state index in [0.717, 1.165) is 0 Å². The number of hydrogen-bond donors (Lipinski definition) is 1. The molecule has 0 spiro atoms. The number of H-pyrrole nitrogens is 1. The molecule has 1 aromatic heterocycles. The van der Waals surface area contributed by atoms with Gasteiger partial charge in [0.15, 0.2) is 0 Å². The van der Waals surface area contributed by atoms with Crippen LogP contribution in [0.5, 0.6) is 0 Å². The quantitative estimate of drug-likeness (QED) is 0.668. The molecule has 1 rings (SSSR count). The van der Waals surface area contributed by atoms with Gasteiger partial charge in [-0.2, -0.15) is 0 Å². The van der Waals surface area contributed by atoms with Crippen molar-refractivity contribution in [1.82, 2.24) is 4.98 Å². The molecule has 0 unspecified atom stereocenters. The molecule has 0 aromatic carbocycles. The van der Waals surface area contributed by atoms with Crippen LogP contribution in [0.4, 0.5) is 0 Å². The van der Waals surface area contributed by atoms with Crippen LogP contribution >= 0.6 is 34.8 Å². The van der Waals surface area contributed by atoms with Crippen LogP contribution in [-0.4, -0.2) is 34.5 Å². The normalized spacial score (nSPS) is 9.00. The number of aromatic amines is 1. The van der Waals surface area contributed by atoms with Crippen LogP contribution in [0.3, 0.4) is 0 Å². The third kappa shape index (κ3) is 2.65. The SMILES string of the molecule is O=c1[nH]cc(Cl)c(Cl)c1Cl.[Na]. The van der Waals surface area contributed by atoms with Gasteiger partial charge in [0, 0.05) is 35.8 Å². The summed E-state index contributed by atoms with van der Waals surface area (Å²) in [5.41, 5.74) is -0.434. The summed E-state index contributed by atoms with van der Waals surface area (Å²) in [6, 6.07) is 0. The van der Waals surface area contributed by atoms with Gasteiger partial charge in [0.05, 0.1) is 10.0 Å². The van der Waals surface area contributed by atoms with Crippen LogP contribution in [-0.2, 0) is 0 Å². The van der Waals surface area contributed by atoms with Crippen molar-refractivity contribution < 1.29 is 0 Å². The minimum atomic E-state index is -0.434. The van der Waals surface area contributed by atoms with Crippen molar-refractivity contribution in [2.75, 3.05) is 0 Å². The molecule has 1 radical (unpaired) electrons. The van der Waals surface area contributed by atoms with Crippen molar-refractivity contribution in [3.63, 3.8) is 0 Å². The Hall–Kier alpha value is 0.820. The Morgan fingerprint density at radius 2 is 1.73 bits per heavy atom. The van der Waals surface area contributed by atoms with E-state index in [1.807, 2.05) is 0 Å². The topological polar surface area (TPSA) is 32.9 Å². The van der Waals surface area contributed by atoms with Gasteiger partial charge in [0.25, 0.3) is 5.56 Å². The van der Waals surface area contributed by atoms with Crippen LogP contribution in [0, 0.1) is 0 Å². The molecule has 6 heteroatoms. The monoisotopic (exact) mass is 220 g/mol. The van der Waals surface area contributed by atoms with Gasteiger partial charge in [0.1, 0.15) is 5.02 Å². The van der Waals surface area contributed by atoms with E-state index in [0.29, 0.717) is 0 Å². The minimum absolute atomic E-state index is 0. The third-order valence-electron chi connectivity index (χ3n) is 0.932. The van der Waals surface area contributed by atoms with Crippen molar-refractivity contribution in [2.24, 2.45) is 0 Å². The van der Waals surface area contributed by atoms with Crippen LogP contribution in [0.15, 0.2) is 11.0 Å². The Morgan fingerprint density at radius 1 is 1.18 bits per heavy atom. The van der Waals surface area contributed by atoms with E-state index in [1.165, 1.54) is 6.20 Å². The van der Waals surface area contributed by atoms with Crippen molar-refractivity contribution in [3.8, 4) is 0 Å². The number of halogens is 3. The number of nitrogens with one attached hydrogen (secondary N) is 1. The number of aromatic nitrogens is 1. The molecule has 0 fully saturated rings. The minimum Gasteiger partial charge on any atom is -0.326 e. The summed E-state index contributed by atoms with van der Waals surface area (Å²) in [5, 5.41) is 0.257. The second kappa shape index (κ2) is 4.75. The van der Waals surface area contributed by atoms with Crippen molar-refractivity contribution >= 4 is 64.4 Å². The molecule has 11 heavy (non-hydrogen) atoms. The molecule has 0 aliphatic heterocycles. The first-order valence-electron chi connectivity index (χ1n) is 2.35. The largest absolute Gasteiger partial charge is 0.326 e. The van der Waals surface area contributed by atoms with Gasteiger partial charge in [-0.15, -0.1) is 0 Å². The second-order valence-corrected chi connectivity index (χ2v) is 2.76. The van der Waals surface area contributed by atoms with Crippen LogP contribution < -0.4 is 5.56 Å². The number of hydrogen-bond acceptors (Lipinski definition) is 1. The fourth-order valence-electron chi connectivity index (χ4n) is 0.460. The zero-order valence-electron chi connectivity index (χ0n) is 5.62. The van der Waals surface area contributed by atoms with Crippen LogP contribution in [0.25, 0.3) is 0 Å². The van der Waals surface area contributed by atoms with E-state index in [-0.39, 0.29) is 44.6 Å². The van der Waals surface area contributed by atoms with Crippen LogP contribution in [0.1, 0.15) is 0 Å². The average molecular weight is 221 g/mol. The van der Waals surface area contributed by atoms with Gasteiger partial charge in [0.2, 0.25) is 0 Å². The Kier molecular flexibility index (Phi) is 5.10. The summed E-state index contributed by atoms with van der Waals surface area (Å²) in [7, 11) is 0. The summed E-state index contributed by atoms with van der Waals surface area (Å²) in [4.78, 5) is 13.0. The molecule has 1 aromatic rings. The summed E-state index contributed by atoms with van der Waals surface area (Å²) < 4.78 is 0. The van der Waals surface area contributed by atoms with E-state index < -0.39 is 5.56 Å². The predicted octanol–water partition coefficient (Wildman–Crippen LogP) is 1.95. The van der Waals surface area contributed by atoms with Gasteiger partial charge < -0.3 is 4.98 Å². The second-order valence-electron chi connectivity index (χ2n) is 1.59. The molecule has 0 atom stereocenters. The molecular weight excluding hydrogens is 219 g/mol. The molecule has 0 aliphatic rings. The fraction of sp³-hybridized carbons (Fsp3) is 0. The van der Waals surface area contributed by atoms with E-state index in [1.54, 1.807) is 0 Å². The van der Waals surface area contributed by atoms with Gasteiger partial charge in [-0.25, -0.2) is 0 Å². The Labute approximate surface area is 100 Å². The fourth-order valence-corrected chi connectivity index (χ4v) is 0.954. The molecule has 55 valence electrons. The number of rotatable bonds is 0. The van der Waals surface area contributed by atoms with E-state index in [9.17, 15) is 4.79 Å². The predicted molar refractivity (Wildman–Crippen MR) is 47.8 cm³/mol. The maximum Gasteiger partial charge on any atom is 0.268 e. The first-order valence-corrected chi connectivity index (χ1v) is 3.48. The third-order valence-corrected chi connectivity index (χ3v) is 2.18. The smallest absolute Gasteiger partial charge is 0.268 e. The summed E-state index contributed by atoms with van der Waals surface area (Å²) in [6.45, 7) is 0. The first-order chi connectivity index (χ1) is 4.63. The van der Waals surface area contributed by atoms with Crippen molar-refractivity contribution in [3.05, 3.63) is 31.6 Å². The first kappa shape index (κ1) is 11.8. The number of pyridine rings is 1. The van der Waals surface area contributed by atoms with Gasteiger partial charge in [-0.05, 0) is 0 Å². The molecule has 0 bridgehead atoms. The van der Waals surface area contributed by atoms with Crippen molar-refractivity contribution in [1.29, 1.82) is 0 Å². The zero-order chi connectivity index (χ0) is 7.72. The summed E-state index contributed by atoms with van der Waals surface area (Å²) in [6.07, 6.45) is 1.29. The molecule has 0 saturated heterocycles. The van der Waals surface area contributed by atoms with Gasteiger partial charge >= 0.3 is 0 Å². The van der Waals surface area contributed by atoms with Gasteiger partial charge in [-0.1, -0.05) is 34.8 Å². The van der Waals surface area contributed by atoms with E-state index >= 15 is 0 Å². The molecule has 0 aliphatic carbocycles. The molecule has 0 amide bonds. The molecule has 1 heterocycles. The molecule has 1 N–H and O–H groups in total. The molecule has 0 saturated carbocycles. The zero-order valence-corrected chi connectivity index (χ0v) is 9.89. The standard InChI is InChI=1S/C5H2Cl3NO.Na/c6-2-1-9-5(10)4(8)3(2)7;/h1H,(H,9,10);. The van der Waals surface area contributed by atoms with Crippen LogP contribution in [0.2, 0.25) is 15.1 Å².